The first-order valence-electron chi connectivity index (χ1n) is 4.25. The summed E-state index contributed by atoms with van der Waals surface area (Å²) in [5, 5.41) is 0.759. The fourth-order valence-corrected chi connectivity index (χ4v) is 1.19. The van der Waals surface area contributed by atoms with Crippen molar-refractivity contribution in [1.82, 2.24) is 0 Å². The molecular formula is C9H18OS. The van der Waals surface area contributed by atoms with E-state index < -0.39 is 0 Å². The molecule has 0 aliphatic heterocycles. The van der Waals surface area contributed by atoms with Gasteiger partial charge in [-0.05, 0) is 31.5 Å². The Kier molecular flexibility index (Phi) is 5.47. The van der Waals surface area contributed by atoms with Gasteiger partial charge >= 0.3 is 0 Å². The highest BCUT2D eigenvalue weighted by Gasteiger charge is 2.05. The minimum Gasteiger partial charge on any atom is -0.484 e. The molecule has 0 radical (unpaired) electrons. The second-order valence-electron chi connectivity index (χ2n) is 3.31. The number of hydrogen-bond donors (Lipinski definition) is 0. The Morgan fingerprint density at radius 2 is 1.91 bits per heavy atom. The maximum Gasteiger partial charge on any atom is 0.160 e. The van der Waals surface area contributed by atoms with Crippen molar-refractivity contribution >= 4 is 17.3 Å². The van der Waals surface area contributed by atoms with Gasteiger partial charge < -0.3 is 4.74 Å². The lowest BCUT2D eigenvalue weighted by Crippen LogP contribution is -2.13. The van der Waals surface area contributed by atoms with Crippen LogP contribution in [0.1, 0.15) is 40.5 Å². The molecule has 0 amide bonds. The molecule has 0 fully saturated rings. The van der Waals surface area contributed by atoms with Crippen molar-refractivity contribution in [3.05, 3.63) is 0 Å². The van der Waals surface area contributed by atoms with Crippen LogP contribution in [-0.2, 0) is 4.74 Å². The van der Waals surface area contributed by atoms with Crippen molar-refractivity contribution < 1.29 is 4.74 Å². The summed E-state index contributed by atoms with van der Waals surface area (Å²) >= 11 is 5.05. The average Bonchev–Trinajstić information content (AvgIpc) is 1.85. The third kappa shape index (κ3) is 6.29. The van der Waals surface area contributed by atoms with E-state index in [-0.39, 0.29) is 6.10 Å². The predicted molar refractivity (Wildman–Crippen MR) is 52.9 cm³/mol. The molecule has 0 aromatic carbocycles. The van der Waals surface area contributed by atoms with Gasteiger partial charge in [-0.3, -0.25) is 0 Å². The molecular weight excluding hydrogens is 156 g/mol. The Labute approximate surface area is 75.1 Å². The lowest BCUT2D eigenvalue weighted by Gasteiger charge is -2.14. The van der Waals surface area contributed by atoms with Crippen molar-refractivity contribution in [2.75, 3.05) is 0 Å². The molecule has 0 saturated heterocycles. The first-order valence-corrected chi connectivity index (χ1v) is 4.66. The molecule has 1 atom stereocenters. The molecule has 0 spiro atoms. The van der Waals surface area contributed by atoms with Crippen molar-refractivity contribution in [1.29, 1.82) is 0 Å². The summed E-state index contributed by atoms with van der Waals surface area (Å²) in [5.41, 5.74) is 0. The van der Waals surface area contributed by atoms with Gasteiger partial charge in [0.1, 0.15) is 0 Å². The lowest BCUT2D eigenvalue weighted by molar-refractivity contribution is 0.201. The second kappa shape index (κ2) is 5.53. The van der Waals surface area contributed by atoms with Gasteiger partial charge in [0, 0.05) is 6.42 Å². The van der Waals surface area contributed by atoms with Crippen LogP contribution in [-0.4, -0.2) is 11.2 Å². The highest BCUT2D eigenvalue weighted by Crippen LogP contribution is 2.06. The van der Waals surface area contributed by atoms with Gasteiger partial charge in [-0.2, -0.15) is 0 Å². The zero-order valence-corrected chi connectivity index (χ0v) is 8.70. The summed E-state index contributed by atoms with van der Waals surface area (Å²) in [6, 6.07) is 0. The lowest BCUT2D eigenvalue weighted by atomic mass is 10.1. The molecule has 0 saturated carbocycles. The van der Waals surface area contributed by atoms with E-state index >= 15 is 0 Å². The summed E-state index contributed by atoms with van der Waals surface area (Å²) in [5.74, 6) is 0.603. The number of ether oxygens (including phenoxy) is 1. The summed E-state index contributed by atoms with van der Waals surface area (Å²) in [7, 11) is 0. The standard InChI is InChI=1S/C9H18OS/c1-5-8(4)10-9(11)6-7(2)3/h7-8H,5-6H2,1-4H3/t8-/m1/s1. The normalized spacial score (nSPS) is 13.2. The highest BCUT2D eigenvalue weighted by molar-refractivity contribution is 7.80. The van der Waals surface area contributed by atoms with E-state index in [0.717, 1.165) is 17.9 Å². The summed E-state index contributed by atoms with van der Waals surface area (Å²) in [4.78, 5) is 0. The molecule has 0 aliphatic carbocycles. The molecule has 0 aromatic rings. The molecule has 0 bridgehead atoms. The van der Waals surface area contributed by atoms with Crippen molar-refractivity contribution in [2.24, 2.45) is 5.92 Å². The van der Waals surface area contributed by atoms with E-state index in [1.165, 1.54) is 0 Å². The third-order valence-corrected chi connectivity index (χ3v) is 1.75. The van der Waals surface area contributed by atoms with Gasteiger partial charge in [0.15, 0.2) is 5.05 Å². The predicted octanol–water partition coefficient (Wildman–Crippen LogP) is 3.18. The Morgan fingerprint density at radius 3 is 2.27 bits per heavy atom. The third-order valence-electron chi connectivity index (χ3n) is 1.48. The first-order chi connectivity index (χ1) is 5.06. The maximum absolute atomic E-state index is 5.44. The second-order valence-corrected chi connectivity index (χ2v) is 3.76. The van der Waals surface area contributed by atoms with Crippen LogP contribution in [0.3, 0.4) is 0 Å². The molecule has 66 valence electrons. The first kappa shape index (κ1) is 10.9. The van der Waals surface area contributed by atoms with E-state index in [4.69, 9.17) is 17.0 Å². The molecule has 0 aliphatic rings. The van der Waals surface area contributed by atoms with Crippen LogP contribution in [0.4, 0.5) is 0 Å². The molecule has 0 heterocycles. The van der Waals surface area contributed by atoms with E-state index in [0.29, 0.717) is 5.92 Å². The minimum atomic E-state index is 0.279. The molecule has 0 aromatic heterocycles. The van der Waals surface area contributed by atoms with E-state index in [1.54, 1.807) is 0 Å². The van der Waals surface area contributed by atoms with Gasteiger partial charge in [-0.15, -0.1) is 0 Å². The van der Waals surface area contributed by atoms with Crippen molar-refractivity contribution in [3.63, 3.8) is 0 Å². The van der Waals surface area contributed by atoms with Crippen LogP contribution >= 0.6 is 12.2 Å². The molecule has 0 unspecified atom stereocenters. The molecule has 2 heteroatoms. The number of rotatable bonds is 4. The van der Waals surface area contributed by atoms with Gasteiger partial charge in [0.25, 0.3) is 0 Å². The summed E-state index contributed by atoms with van der Waals surface area (Å²) < 4.78 is 5.44. The zero-order valence-electron chi connectivity index (χ0n) is 7.89. The van der Waals surface area contributed by atoms with Gasteiger partial charge in [0.05, 0.1) is 6.10 Å². The monoisotopic (exact) mass is 174 g/mol. The SMILES string of the molecule is CC[C@@H](C)OC(=S)CC(C)C. The van der Waals surface area contributed by atoms with Gasteiger partial charge in [0.2, 0.25) is 0 Å². The van der Waals surface area contributed by atoms with E-state index in [1.807, 2.05) is 6.92 Å². The minimum absolute atomic E-state index is 0.279. The van der Waals surface area contributed by atoms with E-state index in [9.17, 15) is 0 Å². The Bertz CT molecular complexity index is 121. The van der Waals surface area contributed by atoms with Gasteiger partial charge in [-0.25, -0.2) is 0 Å². The zero-order chi connectivity index (χ0) is 8.85. The molecule has 1 nitrogen and oxygen atoms in total. The average molecular weight is 174 g/mol. The Balaban J connectivity index is 3.52. The molecule has 0 N–H and O–H groups in total. The Morgan fingerprint density at radius 1 is 1.36 bits per heavy atom. The molecule has 0 rings (SSSR count). The quantitative estimate of drug-likeness (QED) is 0.605. The van der Waals surface area contributed by atoms with Gasteiger partial charge in [-0.1, -0.05) is 20.8 Å². The summed E-state index contributed by atoms with van der Waals surface area (Å²) in [6.45, 7) is 8.44. The largest absolute Gasteiger partial charge is 0.484 e. The van der Waals surface area contributed by atoms with Crippen LogP contribution in [0.5, 0.6) is 0 Å². The smallest absolute Gasteiger partial charge is 0.160 e. The van der Waals surface area contributed by atoms with Crippen molar-refractivity contribution in [2.45, 2.75) is 46.6 Å². The number of thiocarbonyl (C=S) groups is 1. The number of hydrogen-bond acceptors (Lipinski definition) is 2. The highest BCUT2D eigenvalue weighted by atomic mass is 32.1. The van der Waals surface area contributed by atoms with Crippen molar-refractivity contribution in [3.8, 4) is 0 Å². The van der Waals surface area contributed by atoms with Crippen LogP contribution in [0.25, 0.3) is 0 Å². The maximum atomic E-state index is 5.44. The van der Waals surface area contributed by atoms with E-state index in [2.05, 4.69) is 20.8 Å². The van der Waals surface area contributed by atoms with Crippen LogP contribution in [0, 0.1) is 5.92 Å². The summed E-state index contributed by atoms with van der Waals surface area (Å²) in [6.07, 6.45) is 2.21. The Hall–Kier alpha value is -0.110. The molecule has 11 heavy (non-hydrogen) atoms. The topological polar surface area (TPSA) is 9.23 Å². The van der Waals surface area contributed by atoms with Crippen LogP contribution in [0.15, 0.2) is 0 Å². The van der Waals surface area contributed by atoms with Crippen LogP contribution < -0.4 is 0 Å². The fourth-order valence-electron chi connectivity index (χ4n) is 0.689. The fraction of sp³-hybridized carbons (Fsp3) is 0.889. The van der Waals surface area contributed by atoms with Crippen LogP contribution in [0.2, 0.25) is 0 Å².